The standard InChI is InChI=1S/C25H34N2O/c1-6-26(4)23-17-13-21(14-18-23)11-9-10-12-25(28-8-3)22-15-19-24(20-16-22)27(5)7-2/h9-20,25H,6-8H2,1-5H3/b11-9+,12-10+. The fourth-order valence-electron chi connectivity index (χ4n) is 2.90. The van der Waals surface area contributed by atoms with E-state index in [9.17, 15) is 0 Å². The topological polar surface area (TPSA) is 15.7 Å². The van der Waals surface area contributed by atoms with Crippen LogP contribution in [0.15, 0.2) is 66.8 Å². The zero-order chi connectivity index (χ0) is 20.4. The van der Waals surface area contributed by atoms with Crippen LogP contribution in [-0.2, 0) is 4.74 Å². The van der Waals surface area contributed by atoms with Gasteiger partial charge < -0.3 is 14.5 Å². The number of ether oxygens (including phenoxy) is 1. The number of nitrogens with zero attached hydrogens (tertiary/aromatic N) is 2. The largest absolute Gasteiger partial charge is 0.375 e. The van der Waals surface area contributed by atoms with Crippen LogP contribution in [0.3, 0.4) is 0 Å². The van der Waals surface area contributed by atoms with Crippen molar-refractivity contribution in [2.24, 2.45) is 0 Å². The Bertz CT molecular complexity index is 747. The van der Waals surface area contributed by atoms with Crippen molar-refractivity contribution in [3.05, 3.63) is 77.9 Å². The minimum Gasteiger partial charge on any atom is -0.375 e. The van der Waals surface area contributed by atoms with Gasteiger partial charge >= 0.3 is 0 Å². The Balaban J connectivity index is 2.03. The molecule has 0 bridgehead atoms. The normalized spacial score (nSPS) is 12.6. The number of benzene rings is 2. The van der Waals surface area contributed by atoms with Gasteiger partial charge in [-0.15, -0.1) is 0 Å². The van der Waals surface area contributed by atoms with Gasteiger partial charge in [0.25, 0.3) is 0 Å². The molecule has 3 heteroatoms. The summed E-state index contributed by atoms with van der Waals surface area (Å²) in [7, 11) is 4.21. The van der Waals surface area contributed by atoms with E-state index in [0.29, 0.717) is 6.61 Å². The molecule has 0 heterocycles. The zero-order valence-corrected chi connectivity index (χ0v) is 17.9. The minimum absolute atomic E-state index is 0.0313. The molecule has 0 amide bonds. The van der Waals surface area contributed by atoms with Gasteiger partial charge in [-0.3, -0.25) is 0 Å². The Labute approximate surface area is 170 Å². The molecule has 0 radical (unpaired) electrons. The van der Waals surface area contributed by atoms with Crippen molar-refractivity contribution in [3.8, 4) is 0 Å². The zero-order valence-electron chi connectivity index (χ0n) is 17.9. The van der Waals surface area contributed by atoms with E-state index < -0.39 is 0 Å². The van der Waals surface area contributed by atoms with Crippen LogP contribution in [0.25, 0.3) is 6.08 Å². The molecule has 150 valence electrons. The highest BCUT2D eigenvalue weighted by molar-refractivity contribution is 5.56. The Hall–Kier alpha value is -2.52. The van der Waals surface area contributed by atoms with Crippen LogP contribution in [0.5, 0.6) is 0 Å². The third-order valence-electron chi connectivity index (χ3n) is 4.98. The summed E-state index contributed by atoms with van der Waals surface area (Å²) in [5.41, 5.74) is 4.83. The van der Waals surface area contributed by atoms with Gasteiger partial charge in [0.1, 0.15) is 6.10 Å². The van der Waals surface area contributed by atoms with Gasteiger partial charge in [0.05, 0.1) is 0 Å². The van der Waals surface area contributed by atoms with Crippen molar-refractivity contribution in [3.63, 3.8) is 0 Å². The first-order chi connectivity index (χ1) is 13.6. The average molecular weight is 379 g/mol. The lowest BCUT2D eigenvalue weighted by Gasteiger charge is -2.18. The molecule has 3 nitrogen and oxygen atoms in total. The quantitative estimate of drug-likeness (QED) is 0.475. The summed E-state index contributed by atoms with van der Waals surface area (Å²) in [5.74, 6) is 0. The van der Waals surface area contributed by atoms with Gasteiger partial charge in [0.15, 0.2) is 0 Å². The van der Waals surface area contributed by atoms with E-state index in [1.165, 1.54) is 22.5 Å². The maximum Gasteiger partial charge on any atom is 0.101 e. The van der Waals surface area contributed by atoms with Gasteiger partial charge in [-0.25, -0.2) is 0 Å². The fourth-order valence-corrected chi connectivity index (χ4v) is 2.90. The first kappa shape index (κ1) is 21.8. The van der Waals surface area contributed by atoms with E-state index in [4.69, 9.17) is 4.74 Å². The number of hydrogen-bond acceptors (Lipinski definition) is 3. The summed E-state index contributed by atoms with van der Waals surface area (Å²) in [6, 6.07) is 17.2. The average Bonchev–Trinajstić information content (AvgIpc) is 2.75. The molecule has 1 unspecified atom stereocenters. The molecular weight excluding hydrogens is 344 g/mol. The van der Waals surface area contributed by atoms with E-state index in [2.05, 4.69) is 111 Å². The number of anilines is 2. The molecule has 0 aliphatic rings. The highest BCUT2D eigenvalue weighted by atomic mass is 16.5. The lowest BCUT2D eigenvalue weighted by atomic mass is 10.1. The molecule has 2 aromatic carbocycles. The second-order valence-electron chi connectivity index (χ2n) is 6.83. The van der Waals surface area contributed by atoms with Crippen molar-refractivity contribution in [2.75, 3.05) is 43.6 Å². The maximum absolute atomic E-state index is 5.92. The van der Waals surface area contributed by atoms with Crippen molar-refractivity contribution >= 4 is 17.5 Å². The number of rotatable bonds is 10. The van der Waals surface area contributed by atoms with Crippen LogP contribution in [0.4, 0.5) is 11.4 Å². The Morgan fingerprint density at radius 3 is 1.82 bits per heavy atom. The third-order valence-corrected chi connectivity index (χ3v) is 4.98. The summed E-state index contributed by atoms with van der Waals surface area (Å²) in [4.78, 5) is 4.45. The lowest BCUT2D eigenvalue weighted by molar-refractivity contribution is 0.0968. The Morgan fingerprint density at radius 1 is 0.786 bits per heavy atom. The summed E-state index contributed by atoms with van der Waals surface area (Å²) >= 11 is 0. The lowest BCUT2D eigenvalue weighted by Crippen LogP contribution is -2.15. The fraction of sp³-hybridized carbons (Fsp3) is 0.360. The first-order valence-electron chi connectivity index (χ1n) is 10.2. The van der Waals surface area contributed by atoms with Crippen LogP contribution in [0.1, 0.15) is 38.0 Å². The summed E-state index contributed by atoms with van der Waals surface area (Å²) in [6.45, 7) is 9.03. The molecule has 0 aromatic heterocycles. The van der Waals surface area contributed by atoms with Gasteiger partial charge in [0.2, 0.25) is 0 Å². The van der Waals surface area contributed by atoms with E-state index in [0.717, 1.165) is 13.1 Å². The molecular formula is C25H34N2O. The van der Waals surface area contributed by atoms with Gasteiger partial charge in [-0.05, 0) is 56.2 Å². The predicted octanol–water partition coefficient (Wildman–Crippen LogP) is 5.95. The van der Waals surface area contributed by atoms with Gasteiger partial charge in [-0.1, -0.05) is 48.6 Å². The van der Waals surface area contributed by atoms with Crippen LogP contribution in [0.2, 0.25) is 0 Å². The monoisotopic (exact) mass is 378 g/mol. The van der Waals surface area contributed by atoms with Crippen molar-refractivity contribution in [1.29, 1.82) is 0 Å². The molecule has 0 aliphatic heterocycles. The molecule has 0 saturated heterocycles. The smallest absolute Gasteiger partial charge is 0.101 e. The van der Waals surface area contributed by atoms with E-state index in [1.807, 2.05) is 6.92 Å². The van der Waals surface area contributed by atoms with E-state index >= 15 is 0 Å². The van der Waals surface area contributed by atoms with Crippen molar-refractivity contribution in [1.82, 2.24) is 0 Å². The summed E-state index contributed by atoms with van der Waals surface area (Å²) < 4.78 is 5.92. The van der Waals surface area contributed by atoms with Crippen molar-refractivity contribution in [2.45, 2.75) is 26.9 Å². The molecule has 2 aromatic rings. The summed E-state index contributed by atoms with van der Waals surface area (Å²) in [5, 5.41) is 0. The van der Waals surface area contributed by atoms with Gasteiger partial charge in [-0.2, -0.15) is 0 Å². The predicted molar refractivity (Wildman–Crippen MR) is 123 cm³/mol. The first-order valence-corrected chi connectivity index (χ1v) is 10.2. The molecule has 0 spiro atoms. The highest BCUT2D eigenvalue weighted by Crippen LogP contribution is 2.22. The van der Waals surface area contributed by atoms with Crippen LogP contribution < -0.4 is 9.80 Å². The van der Waals surface area contributed by atoms with Crippen LogP contribution >= 0.6 is 0 Å². The van der Waals surface area contributed by atoms with Crippen LogP contribution in [-0.4, -0.2) is 33.8 Å². The van der Waals surface area contributed by atoms with E-state index in [-0.39, 0.29) is 6.10 Å². The third kappa shape index (κ3) is 6.28. The van der Waals surface area contributed by atoms with Crippen LogP contribution in [0, 0.1) is 0 Å². The highest BCUT2D eigenvalue weighted by Gasteiger charge is 2.08. The molecule has 0 fully saturated rings. The van der Waals surface area contributed by atoms with Gasteiger partial charge in [0, 0.05) is 45.2 Å². The molecule has 28 heavy (non-hydrogen) atoms. The second-order valence-corrected chi connectivity index (χ2v) is 6.83. The summed E-state index contributed by atoms with van der Waals surface area (Å²) in [6.07, 6.45) is 8.34. The SMILES string of the molecule is CCOC(/C=C/C=C/c1ccc(N(C)CC)cc1)c1ccc(N(C)CC)cc1. The molecule has 0 N–H and O–H groups in total. The van der Waals surface area contributed by atoms with E-state index in [1.54, 1.807) is 0 Å². The molecule has 2 rings (SSSR count). The Morgan fingerprint density at radius 2 is 1.32 bits per heavy atom. The maximum atomic E-state index is 5.92. The molecule has 0 saturated carbocycles. The number of allylic oxidation sites excluding steroid dienone is 2. The Kier molecular flexibility index (Phi) is 8.83. The minimum atomic E-state index is -0.0313. The van der Waals surface area contributed by atoms with Crippen molar-refractivity contribution < 1.29 is 4.74 Å². The second kappa shape index (κ2) is 11.4. The molecule has 1 atom stereocenters. The number of hydrogen-bond donors (Lipinski definition) is 0. The molecule has 0 aliphatic carbocycles.